The fourth-order valence-corrected chi connectivity index (χ4v) is 2.03. The zero-order valence-corrected chi connectivity index (χ0v) is 11.6. The Bertz CT molecular complexity index is 687. The second-order valence-electron chi connectivity index (χ2n) is 5.23. The van der Waals surface area contributed by atoms with Gasteiger partial charge in [0.25, 0.3) is 5.91 Å². The standard InChI is InChI=1S/C16H17N3O2/c20-15-3-1-2-14(19-15)16(21)18-13-6-4-11(5-7-13)10-17-12-8-9-12/h1-7,12,17H,8-10H2,(H,18,21)(H,19,20). The molecule has 1 amide bonds. The minimum Gasteiger partial charge on any atom is -0.321 e. The lowest BCUT2D eigenvalue weighted by Gasteiger charge is -2.07. The van der Waals surface area contributed by atoms with Crippen molar-refractivity contribution in [1.82, 2.24) is 10.3 Å². The highest BCUT2D eigenvalue weighted by Gasteiger charge is 2.19. The molecule has 1 aliphatic rings. The van der Waals surface area contributed by atoms with E-state index in [4.69, 9.17) is 0 Å². The van der Waals surface area contributed by atoms with Gasteiger partial charge in [-0.15, -0.1) is 0 Å². The Morgan fingerprint density at radius 3 is 2.57 bits per heavy atom. The molecular formula is C16H17N3O2. The Balaban J connectivity index is 1.61. The molecule has 21 heavy (non-hydrogen) atoms. The van der Waals surface area contributed by atoms with Gasteiger partial charge in [0.05, 0.1) is 0 Å². The first-order valence-electron chi connectivity index (χ1n) is 7.04. The lowest BCUT2D eigenvalue weighted by Crippen LogP contribution is -2.18. The van der Waals surface area contributed by atoms with Crippen LogP contribution in [0.4, 0.5) is 5.69 Å². The lowest BCUT2D eigenvalue weighted by atomic mass is 10.2. The summed E-state index contributed by atoms with van der Waals surface area (Å²) in [5.41, 5.74) is 1.86. The molecule has 2 aromatic rings. The van der Waals surface area contributed by atoms with Gasteiger partial charge in [-0.25, -0.2) is 0 Å². The normalized spacial score (nSPS) is 13.9. The van der Waals surface area contributed by atoms with E-state index in [9.17, 15) is 9.59 Å². The molecule has 1 saturated carbocycles. The number of carbonyl (C=O) groups excluding carboxylic acids is 1. The largest absolute Gasteiger partial charge is 0.321 e. The van der Waals surface area contributed by atoms with E-state index in [0.29, 0.717) is 11.7 Å². The van der Waals surface area contributed by atoms with Crippen molar-refractivity contribution < 1.29 is 4.79 Å². The number of H-pyrrole nitrogens is 1. The number of hydrogen-bond acceptors (Lipinski definition) is 3. The fraction of sp³-hybridized carbons (Fsp3) is 0.250. The second kappa shape index (κ2) is 5.93. The lowest BCUT2D eigenvalue weighted by molar-refractivity contribution is 0.102. The summed E-state index contributed by atoms with van der Waals surface area (Å²) in [7, 11) is 0. The van der Waals surface area contributed by atoms with Crippen LogP contribution >= 0.6 is 0 Å². The van der Waals surface area contributed by atoms with E-state index in [1.165, 1.54) is 24.5 Å². The highest BCUT2D eigenvalue weighted by Crippen LogP contribution is 2.19. The van der Waals surface area contributed by atoms with Crippen molar-refractivity contribution in [2.75, 3.05) is 5.32 Å². The molecule has 0 aliphatic heterocycles. The van der Waals surface area contributed by atoms with Crippen LogP contribution in [0.15, 0.2) is 47.3 Å². The van der Waals surface area contributed by atoms with E-state index in [1.807, 2.05) is 24.3 Å². The quantitative estimate of drug-likeness (QED) is 0.784. The summed E-state index contributed by atoms with van der Waals surface area (Å²) in [6.07, 6.45) is 2.53. The third-order valence-electron chi connectivity index (χ3n) is 3.40. The predicted octanol–water partition coefficient (Wildman–Crippen LogP) is 1.88. The Morgan fingerprint density at radius 1 is 1.14 bits per heavy atom. The number of nitrogens with one attached hydrogen (secondary N) is 3. The van der Waals surface area contributed by atoms with Crippen molar-refractivity contribution in [1.29, 1.82) is 0 Å². The second-order valence-corrected chi connectivity index (χ2v) is 5.23. The van der Waals surface area contributed by atoms with Gasteiger partial charge in [-0.1, -0.05) is 18.2 Å². The highest BCUT2D eigenvalue weighted by molar-refractivity contribution is 6.02. The van der Waals surface area contributed by atoms with E-state index in [-0.39, 0.29) is 17.2 Å². The van der Waals surface area contributed by atoms with Crippen molar-refractivity contribution in [3.8, 4) is 0 Å². The van der Waals surface area contributed by atoms with Crippen molar-refractivity contribution >= 4 is 11.6 Å². The van der Waals surface area contributed by atoms with Crippen LogP contribution in [0.5, 0.6) is 0 Å². The van der Waals surface area contributed by atoms with Crippen molar-refractivity contribution in [3.05, 3.63) is 64.1 Å². The fourth-order valence-electron chi connectivity index (χ4n) is 2.03. The molecule has 0 spiro atoms. The molecule has 0 saturated heterocycles. The van der Waals surface area contributed by atoms with Gasteiger partial charge < -0.3 is 15.6 Å². The highest BCUT2D eigenvalue weighted by atomic mass is 16.2. The molecule has 0 bridgehead atoms. The Kier molecular flexibility index (Phi) is 3.83. The molecule has 108 valence electrons. The number of pyridine rings is 1. The van der Waals surface area contributed by atoms with Gasteiger partial charge in [0.1, 0.15) is 5.69 Å². The molecule has 0 radical (unpaired) electrons. The molecule has 1 aromatic heterocycles. The number of rotatable bonds is 5. The van der Waals surface area contributed by atoms with E-state index in [1.54, 1.807) is 12.1 Å². The van der Waals surface area contributed by atoms with Crippen LogP contribution in [-0.4, -0.2) is 16.9 Å². The maximum absolute atomic E-state index is 12.0. The van der Waals surface area contributed by atoms with Crippen LogP contribution in [0.2, 0.25) is 0 Å². The third-order valence-corrected chi connectivity index (χ3v) is 3.40. The summed E-state index contributed by atoms with van der Waals surface area (Å²) in [6.45, 7) is 0.852. The van der Waals surface area contributed by atoms with Crippen molar-refractivity contribution in [2.45, 2.75) is 25.4 Å². The van der Waals surface area contributed by atoms with Gasteiger partial charge in [0, 0.05) is 24.3 Å². The molecule has 3 rings (SSSR count). The van der Waals surface area contributed by atoms with Crippen LogP contribution in [0, 0.1) is 0 Å². The Hall–Kier alpha value is -2.40. The molecule has 1 heterocycles. The number of benzene rings is 1. The van der Waals surface area contributed by atoms with Gasteiger partial charge in [0.15, 0.2) is 0 Å². The average Bonchev–Trinajstić information content (AvgIpc) is 3.31. The summed E-state index contributed by atoms with van der Waals surface area (Å²) in [5, 5.41) is 6.20. The molecule has 1 aromatic carbocycles. The van der Waals surface area contributed by atoms with E-state index < -0.39 is 0 Å². The predicted molar refractivity (Wildman–Crippen MR) is 81.3 cm³/mol. The monoisotopic (exact) mass is 283 g/mol. The van der Waals surface area contributed by atoms with Crippen LogP contribution in [-0.2, 0) is 6.54 Å². The van der Waals surface area contributed by atoms with Gasteiger partial charge in [-0.3, -0.25) is 9.59 Å². The molecule has 1 fully saturated rings. The molecule has 5 heteroatoms. The summed E-state index contributed by atoms with van der Waals surface area (Å²) in [6, 6.07) is 12.9. The van der Waals surface area contributed by atoms with E-state index in [2.05, 4.69) is 15.6 Å². The topological polar surface area (TPSA) is 74.0 Å². The number of hydrogen-bond donors (Lipinski definition) is 3. The molecule has 5 nitrogen and oxygen atoms in total. The Morgan fingerprint density at radius 2 is 1.90 bits per heavy atom. The van der Waals surface area contributed by atoms with Crippen LogP contribution < -0.4 is 16.2 Å². The van der Waals surface area contributed by atoms with Gasteiger partial charge in [0.2, 0.25) is 5.56 Å². The first-order chi connectivity index (χ1) is 10.2. The maximum Gasteiger partial charge on any atom is 0.272 e. The third kappa shape index (κ3) is 3.79. The first kappa shape index (κ1) is 13.6. The van der Waals surface area contributed by atoms with Crippen molar-refractivity contribution in [2.24, 2.45) is 0 Å². The van der Waals surface area contributed by atoms with Crippen LogP contribution in [0.3, 0.4) is 0 Å². The van der Waals surface area contributed by atoms with Crippen LogP contribution in [0.1, 0.15) is 28.9 Å². The molecule has 1 aliphatic carbocycles. The molecule has 0 unspecified atom stereocenters. The Labute approximate surface area is 122 Å². The minimum atomic E-state index is -0.323. The maximum atomic E-state index is 12.0. The zero-order chi connectivity index (χ0) is 14.7. The number of aromatic amines is 1. The number of aromatic nitrogens is 1. The molecule has 3 N–H and O–H groups in total. The van der Waals surface area contributed by atoms with Gasteiger partial charge >= 0.3 is 0 Å². The summed E-state index contributed by atoms with van der Waals surface area (Å²) < 4.78 is 0. The summed E-state index contributed by atoms with van der Waals surface area (Å²) in [4.78, 5) is 25.7. The van der Waals surface area contributed by atoms with Crippen LogP contribution in [0.25, 0.3) is 0 Å². The number of carbonyl (C=O) groups is 1. The SMILES string of the molecule is O=C(Nc1ccc(CNC2CC2)cc1)c1cccc(=O)[nH]1. The van der Waals surface area contributed by atoms with Crippen molar-refractivity contribution in [3.63, 3.8) is 0 Å². The summed E-state index contributed by atoms with van der Waals surface area (Å²) in [5.74, 6) is -0.323. The van der Waals surface area contributed by atoms with E-state index >= 15 is 0 Å². The number of anilines is 1. The molecular weight excluding hydrogens is 266 g/mol. The smallest absolute Gasteiger partial charge is 0.272 e. The van der Waals surface area contributed by atoms with Gasteiger partial charge in [-0.05, 0) is 36.6 Å². The summed E-state index contributed by atoms with van der Waals surface area (Å²) >= 11 is 0. The minimum absolute atomic E-state index is 0.252. The number of amides is 1. The molecule has 0 atom stereocenters. The van der Waals surface area contributed by atoms with Gasteiger partial charge in [-0.2, -0.15) is 0 Å². The zero-order valence-electron chi connectivity index (χ0n) is 11.6. The first-order valence-corrected chi connectivity index (χ1v) is 7.04. The van der Waals surface area contributed by atoms with E-state index in [0.717, 1.165) is 6.54 Å². The average molecular weight is 283 g/mol.